The van der Waals surface area contributed by atoms with E-state index in [1.807, 2.05) is 6.92 Å². The highest BCUT2D eigenvalue weighted by Gasteiger charge is 2.31. The predicted octanol–water partition coefficient (Wildman–Crippen LogP) is -0.712. The quantitative estimate of drug-likeness (QED) is 0.683. The predicted molar refractivity (Wildman–Crippen MR) is 70.7 cm³/mol. The van der Waals surface area contributed by atoms with E-state index in [4.69, 9.17) is 0 Å². The summed E-state index contributed by atoms with van der Waals surface area (Å²) in [5.41, 5.74) is 0. The minimum Gasteiger partial charge on any atom is -0.348 e. The van der Waals surface area contributed by atoms with E-state index in [0.29, 0.717) is 19.6 Å². The Morgan fingerprint density at radius 2 is 1.89 bits per heavy atom. The number of sulfonamides is 1. The van der Waals surface area contributed by atoms with E-state index >= 15 is 0 Å². The summed E-state index contributed by atoms with van der Waals surface area (Å²) in [7, 11) is 0.168. The molecule has 18 heavy (non-hydrogen) atoms. The number of likely N-dealkylation sites (N-methyl/N-ethyl adjacent to an activating group) is 1. The molecule has 106 valence electrons. The third-order valence-corrected chi connectivity index (χ3v) is 4.54. The molecule has 0 aromatic carbocycles. The molecule has 7 heteroatoms. The third-order valence-electron chi connectivity index (χ3n) is 3.27. The minimum atomic E-state index is -3.24. The summed E-state index contributed by atoms with van der Waals surface area (Å²) >= 11 is 0. The Hall–Kier alpha value is -0.660. The van der Waals surface area contributed by atoms with Crippen molar-refractivity contribution in [2.75, 3.05) is 53.1 Å². The first kappa shape index (κ1) is 15.4. The third kappa shape index (κ3) is 3.93. The Morgan fingerprint density at radius 3 is 2.33 bits per heavy atom. The minimum absolute atomic E-state index is 0.0102. The van der Waals surface area contributed by atoms with Gasteiger partial charge in [-0.2, -0.15) is 0 Å². The maximum atomic E-state index is 12.1. The van der Waals surface area contributed by atoms with Crippen LogP contribution in [0.1, 0.15) is 6.92 Å². The molecule has 1 aliphatic rings. The number of hydrogen-bond acceptors (Lipinski definition) is 4. The summed E-state index contributed by atoms with van der Waals surface area (Å²) in [5, 5.41) is 0. The highest BCUT2D eigenvalue weighted by molar-refractivity contribution is 7.88. The lowest BCUT2D eigenvalue weighted by atomic mass is 10.1. The highest BCUT2D eigenvalue weighted by atomic mass is 32.2. The van der Waals surface area contributed by atoms with Gasteiger partial charge in [-0.05, 0) is 6.54 Å². The molecule has 0 spiro atoms. The van der Waals surface area contributed by atoms with E-state index in [-0.39, 0.29) is 18.4 Å². The summed E-state index contributed by atoms with van der Waals surface area (Å²) < 4.78 is 24.7. The van der Waals surface area contributed by atoms with Gasteiger partial charge in [-0.1, -0.05) is 6.92 Å². The van der Waals surface area contributed by atoms with Crippen molar-refractivity contribution >= 4 is 15.9 Å². The van der Waals surface area contributed by atoms with E-state index < -0.39 is 10.0 Å². The first-order valence-corrected chi connectivity index (χ1v) is 7.99. The van der Waals surface area contributed by atoms with Crippen LogP contribution >= 0.6 is 0 Å². The second kappa shape index (κ2) is 5.99. The van der Waals surface area contributed by atoms with Crippen molar-refractivity contribution in [3.05, 3.63) is 0 Å². The molecule has 0 N–H and O–H groups in total. The van der Waals surface area contributed by atoms with Gasteiger partial charge in [-0.15, -0.1) is 0 Å². The van der Waals surface area contributed by atoms with Gasteiger partial charge in [-0.3, -0.25) is 4.79 Å². The molecule has 0 radical (unpaired) electrons. The SMILES string of the molecule is CCN1CCN(S(C)(=O)=O)C[C@H](C(=O)N(C)C)C1. The summed E-state index contributed by atoms with van der Waals surface area (Å²) in [5.74, 6) is -0.291. The van der Waals surface area contributed by atoms with Crippen molar-refractivity contribution in [2.45, 2.75) is 6.92 Å². The van der Waals surface area contributed by atoms with Crippen LogP contribution in [0.15, 0.2) is 0 Å². The number of amides is 1. The summed E-state index contributed by atoms with van der Waals surface area (Å²) in [6, 6.07) is 0. The van der Waals surface area contributed by atoms with E-state index in [2.05, 4.69) is 4.90 Å². The average molecular weight is 277 g/mol. The normalized spacial score (nSPS) is 23.7. The molecule has 6 nitrogen and oxygen atoms in total. The molecule has 1 atom stereocenters. The fraction of sp³-hybridized carbons (Fsp3) is 0.909. The first-order valence-electron chi connectivity index (χ1n) is 6.14. The van der Waals surface area contributed by atoms with Crippen LogP contribution in [0, 0.1) is 5.92 Å². The van der Waals surface area contributed by atoms with E-state index in [9.17, 15) is 13.2 Å². The van der Waals surface area contributed by atoms with Crippen molar-refractivity contribution in [3.8, 4) is 0 Å². The van der Waals surface area contributed by atoms with Crippen LogP contribution in [0.5, 0.6) is 0 Å². The van der Waals surface area contributed by atoms with Crippen LogP contribution in [0.2, 0.25) is 0 Å². The zero-order valence-corrected chi connectivity index (χ0v) is 12.4. The fourth-order valence-electron chi connectivity index (χ4n) is 2.16. The summed E-state index contributed by atoms with van der Waals surface area (Å²) in [6.07, 6.45) is 1.20. The Labute approximate surface area is 110 Å². The lowest BCUT2D eigenvalue weighted by molar-refractivity contribution is -0.133. The second-order valence-corrected chi connectivity index (χ2v) is 6.93. The summed E-state index contributed by atoms with van der Waals surface area (Å²) in [6.45, 7) is 4.90. The van der Waals surface area contributed by atoms with Gasteiger partial charge in [0.2, 0.25) is 15.9 Å². The van der Waals surface area contributed by atoms with Crippen molar-refractivity contribution in [3.63, 3.8) is 0 Å². The number of hydrogen-bond donors (Lipinski definition) is 0. The topological polar surface area (TPSA) is 60.9 Å². The molecular weight excluding hydrogens is 254 g/mol. The number of carbonyl (C=O) groups excluding carboxylic acids is 1. The van der Waals surface area contributed by atoms with Crippen LogP contribution in [0.4, 0.5) is 0 Å². The molecule has 0 aromatic rings. The Morgan fingerprint density at radius 1 is 1.28 bits per heavy atom. The molecule has 1 saturated heterocycles. The number of carbonyl (C=O) groups is 1. The zero-order chi connectivity index (χ0) is 13.9. The molecule has 1 fully saturated rings. The smallest absolute Gasteiger partial charge is 0.227 e. The van der Waals surface area contributed by atoms with Crippen LogP contribution < -0.4 is 0 Å². The van der Waals surface area contributed by atoms with Gasteiger partial charge < -0.3 is 9.80 Å². The Bertz CT molecular complexity index is 394. The molecular formula is C11H23N3O3S. The fourth-order valence-corrected chi connectivity index (χ4v) is 3.02. The van der Waals surface area contributed by atoms with Crippen molar-refractivity contribution in [1.29, 1.82) is 0 Å². The monoisotopic (exact) mass is 277 g/mol. The maximum Gasteiger partial charge on any atom is 0.227 e. The average Bonchev–Trinajstić information content (AvgIpc) is 2.49. The van der Waals surface area contributed by atoms with E-state index in [1.165, 1.54) is 15.5 Å². The molecule has 0 saturated carbocycles. The van der Waals surface area contributed by atoms with Gasteiger partial charge in [0.1, 0.15) is 0 Å². The molecule has 1 rings (SSSR count). The van der Waals surface area contributed by atoms with Crippen LogP contribution in [0.3, 0.4) is 0 Å². The summed E-state index contributed by atoms with van der Waals surface area (Å²) in [4.78, 5) is 15.7. The highest BCUT2D eigenvalue weighted by Crippen LogP contribution is 2.14. The van der Waals surface area contributed by atoms with Crippen molar-refractivity contribution in [2.24, 2.45) is 5.92 Å². The first-order chi connectivity index (χ1) is 8.25. The molecule has 0 aliphatic carbocycles. The molecule has 1 aliphatic heterocycles. The van der Waals surface area contributed by atoms with Crippen LogP contribution in [-0.4, -0.2) is 81.5 Å². The van der Waals surface area contributed by atoms with Crippen molar-refractivity contribution in [1.82, 2.24) is 14.1 Å². The standard InChI is InChI=1S/C11H23N3O3S/c1-5-13-6-7-14(18(4,16)17)9-10(8-13)11(15)12(2)3/h10H,5-9H2,1-4H3/t10-/m1/s1. The molecule has 1 amide bonds. The van der Waals surface area contributed by atoms with Crippen molar-refractivity contribution < 1.29 is 13.2 Å². The van der Waals surface area contributed by atoms with Crippen LogP contribution in [-0.2, 0) is 14.8 Å². The van der Waals surface area contributed by atoms with Gasteiger partial charge in [0, 0.05) is 40.3 Å². The van der Waals surface area contributed by atoms with Gasteiger partial charge in [-0.25, -0.2) is 12.7 Å². The molecule has 0 bridgehead atoms. The number of nitrogens with zero attached hydrogens (tertiary/aromatic N) is 3. The lowest BCUT2D eigenvalue weighted by Gasteiger charge is -2.24. The second-order valence-electron chi connectivity index (χ2n) is 4.94. The van der Waals surface area contributed by atoms with Gasteiger partial charge >= 0.3 is 0 Å². The molecule has 0 aromatic heterocycles. The lowest BCUT2D eigenvalue weighted by Crippen LogP contribution is -2.41. The van der Waals surface area contributed by atoms with Crippen LogP contribution in [0.25, 0.3) is 0 Å². The molecule has 1 heterocycles. The largest absolute Gasteiger partial charge is 0.348 e. The van der Waals surface area contributed by atoms with E-state index in [0.717, 1.165) is 6.54 Å². The zero-order valence-electron chi connectivity index (χ0n) is 11.6. The van der Waals surface area contributed by atoms with Gasteiger partial charge in [0.25, 0.3) is 0 Å². The molecule has 0 unspecified atom stereocenters. The number of rotatable bonds is 3. The van der Waals surface area contributed by atoms with Gasteiger partial charge in [0.15, 0.2) is 0 Å². The Kier molecular flexibility index (Phi) is 5.12. The maximum absolute atomic E-state index is 12.1. The van der Waals surface area contributed by atoms with E-state index in [1.54, 1.807) is 14.1 Å². The van der Waals surface area contributed by atoms with Gasteiger partial charge in [0.05, 0.1) is 12.2 Å². The Balaban J connectivity index is 2.90.